The molecule has 1 amide bonds. The van der Waals surface area contributed by atoms with Gasteiger partial charge in [0, 0.05) is 43.2 Å². The van der Waals surface area contributed by atoms with Crippen LogP contribution < -0.4 is 0 Å². The summed E-state index contributed by atoms with van der Waals surface area (Å²) >= 11 is 5.93. The van der Waals surface area contributed by atoms with E-state index in [1.165, 1.54) is 17.6 Å². The average molecular weight is 319 g/mol. The highest BCUT2D eigenvalue weighted by Crippen LogP contribution is 2.32. The standard InChI is InChI=1S/C18H23ClN2O/c1-3-18(22)20-11-16-10-17(12-20)21(16)9-8-13(2)14-4-6-15(19)7-5-14/h4-8,16-17H,3,9-12H2,1-2H3/b13-8-. The van der Waals surface area contributed by atoms with E-state index in [1.54, 1.807) is 0 Å². The van der Waals surface area contributed by atoms with Crippen molar-refractivity contribution in [1.82, 2.24) is 9.80 Å². The number of nitrogens with zero attached hydrogens (tertiary/aromatic N) is 2. The van der Waals surface area contributed by atoms with E-state index in [4.69, 9.17) is 11.6 Å². The van der Waals surface area contributed by atoms with Crippen LogP contribution in [-0.2, 0) is 4.79 Å². The Labute approximate surface area is 137 Å². The van der Waals surface area contributed by atoms with Crippen LogP contribution in [0.5, 0.6) is 0 Å². The van der Waals surface area contributed by atoms with E-state index in [9.17, 15) is 4.79 Å². The summed E-state index contributed by atoms with van der Waals surface area (Å²) in [4.78, 5) is 16.4. The molecule has 2 unspecified atom stereocenters. The molecule has 0 aliphatic carbocycles. The van der Waals surface area contributed by atoms with Gasteiger partial charge in [-0.05, 0) is 36.6 Å². The second kappa shape index (κ2) is 6.43. The SMILES string of the molecule is CCC(=O)N1CC2CC(C1)N2C/C=C(/C)c1ccc(Cl)cc1. The number of carbonyl (C=O) groups is 1. The van der Waals surface area contributed by atoms with Gasteiger partial charge in [-0.2, -0.15) is 0 Å². The van der Waals surface area contributed by atoms with Crippen molar-refractivity contribution in [3.63, 3.8) is 0 Å². The fraction of sp³-hybridized carbons (Fsp3) is 0.500. The predicted molar refractivity (Wildman–Crippen MR) is 90.9 cm³/mol. The van der Waals surface area contributed by atoms with Crippen LogP contribution in [-0.4, -0.2) is 47.4 Å². The molecule has 3 nitrogen and oxygen atoms in total. The van der Waals surface area contributed by atoms with Crippen LogP contribution in [0.4, 0.5) is 0 Å². The zero-order valence-electron chi connectivity index (χ0n) is 13.3. The molecule has 0 saturated carbocycles. The normalized spacial score (nSPS) is 25.0. The Bertz CT molecular complexity index is 569. The van der Waals surface area contributed by atoms with E-state index >= 15 is 0 Å². The summed E-state index contributed by atoms with van der Waals surface area (Å²) in [6, 6.07) is 9.08. The minimum absolute atomic E-state index is 0.294. The van der Waals surface area contributed by atoms with Gasteiger partial charge in [-0.25, -0.2) is 0 Å². The molecule has 118 valence electrons. The molecular formula is C18H23ClN2O. The van der Waals surface area contributed by atoms with Crippen molar-refractivity contribution < 1.29 is 4.79 Å². The van der Waals surface area contributed by atoms with Crippen LogP contribution in [0.3, 0.4) is 0 Å². The number of fused-ring (bicyclic) bond motifs is 2. The van der Waals surface area contributed by atoms with E-state index in [0.717, 1.165) is 24.7 Å². The monoisotopic (exact) mass is 318 g/mol. The number of piperazine rings is 1. The molecule has 4 rings (SSSR count). The van der Waals surface area contributed by atoms with E-state index < -0.39 is 0 Å². The Hall–Kier alpha value is -1.32. The average Bonchev–Trinajstić information content (AvgIpc) is 2.54. The largest absolute Gasteiger partial charge is 0.340 e. The minimum Gasteiger partial charge on any atom is -0.340 e. The summed E-state index contributed by atoms with van der Waals surface area (Å²) in [5.41, 5.74) is 2.50. The summed E-state index contributed by atoms with van der Waals surface area (Å²) in [7, 11) is 0. The van der Waals surface area contributed by atoms with Crippen molar-refractivity contribution in [2.24, 2.45) is 0 Å². The highest BCUT2D eigenvalue weighted by atomic mass is 35.5. The molecule has 3 saturated heterocycles. The quantitative estimate of drug-likeness (QED) is 0.849. The Kier molecular flexibility index (Phi) is 4.55. The maximum absolute atomic E-state index is 11.8. The molecule has 4 heteroatoms. The molecule has 0 aromatic heterocycles. The number of halogens is 1. The van der Waals surface area contributed by atoms with Crippen molar-refractivity contribution in [3.8, 4) is 0 Å². The molecule has 22 heavy (non-hydrogen) atoms. The molecule has 0 radical (unpaired) electrons. The van der Waals surface area contributed by atoms with Gasteiger partial charge in [0.25, 0.3) is 0 Å². The number of carbonyl (C=O) groups excluding carboxylic acids is 1. The van der Waals surface area contributed by atoms with Crippen molar-refractivity contribution >= 4 is 23.1 Å². The Morgan fingerprint density at radius 3 is 2.50 bits per heavy atom. The molecule has 1 aromatic carbocycles. The first-order valence-electron chi connectivity index (χ1n) is 8.04. The van der Waals surface area contributed by atoms with Gasteiger partial charge >= 0.3 is 0 Å². The lowest BCUT2D eigenvalue weighted by Gasteiger charge is -2.56. The number of rotatable bonds is 4. The molecule has 2 atom stereocenters. The van der Waals surface area contributed by atoms with E-state index in [1.807, 2.05) is 24.0 Å². The number of amides is 1. The van der Waals surface area contributed by atoms with Crippen molar-refractivity contribution in [3.05, 3.63) is 40.9 Å². The van der Waals surface area contributed by atoms with Crippen molar-refractivity contribution in [1.29, 1.82) is 0 Å². The Balaban J connectivity index is 1.58. The second-order valence-corrected chi connectivity index (χ2v) is 6.72. The van der Waals surface area contributed by atoms with Crippen molar-refractivity contribution in [2.75, 3.05) is 19.6 Å². The molecule has 0 spiro atoms. The fourth-order valence-corrected chi connectivity index (χ4v) is 3.61. The third-order valence-corrected chi connectivity index (χ3v) is 5.16. The van der Waals surface area contributed by atoms with E-state index in [0.29, 0.717) is 24.4 Å². The van der Waals surface area contributed by atoms with Crippen LogP contribution in [0.1, 0.15) is 32.3 Å². The first-order valence-corrected chi connectivity index (χ1v) is 8.42. The maximum atomic E-state index is 11.8. The van der Waals surface area contributed by atoms with Crippen LogP contribution in [0.15, 0.2) is 30.3 Å². The Morgan fingerprint density at radius 1 is 1.27 bits per heavy atom. The predicted octanol–water partition coefficient (Wildman–Crippen LogP) is 3.44. The summed E-state index contributed by atoms with van der Waals surface area (Å²) in [6.07, 6.45) is 4.15. The summed E-state index contributed by atoms with van der Waals surface area (Å²) < 4.78 is 0. The first kappa shape index (κ1) is 15.6. The molecule has 2 bridgehead atoms. The number of hydrogen-bond donors (Lipinski definition) is 0. The van der Waals surface area contributed by atoms with Crippen molar-refractivity contribution in [2.45, 2.75) is 38.8 Å². The zero-order valence-corrected chi connectivity index (χ0v) is 14.0. The Morgan fingerprint density at radius 2 is 1.91 bits per heavy atom. The smallest absolute Gasteiger partial charge is 0.222 e. The number of benzene rings is 1. The lowest BCUT2D eigenvalue weighted by Crippen LogP contribution is -2.69. The minimum atomic E-state index is 0.294. The van der Waals surface area contributed by atoms with Gasteiger partial charge < -0.3 is 4.90 Å². The molecule has 0 N–H and O–H groups in total. The molecule has 3 aliphatic heterocycles. The highest BCUT2D eigenvalue weighted by molar-refractivity contribution is 6.30. The van der Waals surface area contributed by atoms with Gasteiger partial charge in [0.2, 0.25) is 5.91 Å². The van der Waals surface area contributed by atoms with Crippen LogP contribution >= 0.6 is 11.6 Å². The number of allylic oxidation sites excluding steroid dienone is 1. The van der Waals surface area contributed by atoms with Gasteiger partial charge in [-0.3, -0.25) is 9.69 Å². The van der Waals surface area contributed by atoms with Gasteiger partial charge in [0.15, 0.2) is 0 Å². The lowest BCUT2D eigenvalue weighted by molar-refractivity contribution is -0.142. The van der Waals surface area contributed by atoms with Gasteiger partial charge in [-0.15, -0.1) is 0 Å². The lowest BCUT2D eigenvalue weighted by atomic mass is 9.87. The molecule has 3 fully saturated rings. The maximum Gasteiger partial charge on any atom is 0.222 e. The van der Waals surface area contributed by atoms with E-state index in [2.05, 4.69) is 30.0 Å². The number of hydrogen-bond acceptors (Lipinski definition) is 2. The third kappa shape index (κ3) is 3.06. The zero-order chi connectivity index (χ0) is 15.7. The third-order valence-electron chi connectivity index (χ3n) is 4.91. The first-order chi connectivity index (χ1) is 10.6. The molecule has 1 aromatic rings. The summed E-state index contributed by atoms with van der Waals surface area (Å²) in [5.74, 6) is 0.294. The number of piperidine rings is 1. The molecular weight excluding hydrogens is 296 g/mol. The second-order valence-electron chi connectivity index (χ2n) is 6.29. The van der Waals surface area contributed by atoms with Gasteiger partial charge in [0.1, 0.15) is 0 Å². The van der Waals surface area contributed by atoms with Gasteiger partial charge in [0.05, 0.1) is 0 Å². The van der Waals surface area contributed by atoms with Crippen LogP contribution in [0.2, 0.25) is 5.02 Å². The van der Waals surface area contributed by atoms with Crippen LogP contribution in [0.25, 0.3) is 5.57 Å². The fourth-order valence-electron chi connectivity index (χ4n) is 3.49. The topological polar surface area (TPSA) is 23.6 Å². The van der Waals surface area contributed by atoms with Crippen LogP contribution in [0, 0.1) is 0 Å². The highest BCUT2D eigenvalue weighted by Gasteiger charge is 2.44. The van der Waals surface area contributed by atoms with Gasteiger partial charge in [-0.1, -0.05) is 36.7 Å². The summed E-state index contributed by atoms with van der Waals surface area (Å²) in [5, 5.41) is 0.773. The molecule has 3 heterocycles. The van der Waals surface area contributed by atoms with E-state index in [-0.39, 0.29) is 0 Å². The molecule has 3 aliphatic rings. The summed E-state index contributed by atoms with van der Waals surface area (Å²) in [6.45, 7) is 6.86.